The second kappa shape index (κ2) is 5.92. The molecule has 0 fully saturated rings. The molecule has 1 N–H and O–H groups in total. The predicted molar refractivity (Wildman–Crippen MR) is 88.5 cm³/mol. The van der Waals surface area contributed by atoms with Gasteiger partial charge in [0, 0.05) is 24.1 Å². The van der Waals surface area contributed by atoms with Crippen LogP contribution in [0.4, 0.5) is 11.6 Å². The van der Waals surface area contributed by atoms with Gasteiger partial charge in [-0.1, -0.05) is 0 Å². The van der Waals surface area contributed by atoms with E-state index in [-0.39, 0.29) is 0 Å². The van der Waals surface area contributed by atoms with Crippen molar-refractivity contribution in [2.24, 2.45) is 0 Å². The van der Waals surface area contributed by atoms with Crippen molar-refractivity contribution in [2.45, 2.75) is 6.92 Å². The molecule has 0 saturated heterocycles. The molecule has 0 saturated carbocycles. The minimum atomic E-state index is 0.508. The monoisotopic (exact) mass is 318 g/mol. The summed E-state index contributed by atoms with van der Waals surface area (Å²) in [6, 6.07) is 9.57. The number of nitrogens with zero attached hydrogens (tertiary/aromatic N) is 7. The molecule has 3 aromatic heterocycles. The number of hydrogen-bond donors (Lipinski definition) is 1. The van der Waals surface area contributed by atoms with Crippen LogP contribution in [-0.4, -0.2) is 34.5 Å². The fourth-order valence-electron chi connectivity index (χ4n) is 2.24. The van der Waals surface area contributed by atoms with Crippen LogP contribution < -0.4 is 5.32 Å². The summed E-state index contributed by atoms with van der Waals surface area (Å²) in [5, 5.41) is 11.5. The third kappa shape index (κ3) is 2.84. The van der Waals surface area contributed by atoms with Crippen LogP contribution in [0.3, 0.4) is 0 Å². The van der Waals surface area contributed by atoms with Crippen molar-refractivity contribution >= 4 is 11.6 Å². The molecule has 0 amide bonds. The van der Waals surface area contributed by atoms with E-state index in [2.05, 4.69) is 30.5 Å². The maximum absolute atomic E-state index is 4.47. The molecule has 0 unspecified atom stereocenters. The molecule has 0 radical (unpaired) electrons. The summed E-state index contributed by atoms with van der Waals surface area (Å²) in [5.41, 5.74) is 2.89. The smallest absolute Gasteiger partial charge is 0.229 e. The summed E-state index contributed by atoms with van der Waals surface area (Å²) in [6.07, 6.45) is 8.56. The number of benzene rings is 1. The number of aryl methyl sites for hydroxylation is 1. The zero-order chi connectivity index (χ0) is 16.4. The first-order chi connectivity index (χ1) is 11.8. The summed E-state index contributed by atoms with van der Waals surface area (Å²) in [6.45, 7) is 1.99. The Morgan fingerprint density at radius 1 is 1.00 bits per heavy atom. The fraction of sp³-hybridized carbons (Fsp3) is 0.0625. The fourth-order valence-corrected chi connectivity index (χ4v) is 2.24. The summed E-state index contributed by atoms with van der Waals surface area (Å²) in [4.78, 5) is 12.7. The van der Waals surface area contributed by atoms with E-state index in [9.17, 15) is 0 Å². The molecule has 1 aromatic carbocycles. The van der Waals surface area contributed by atoms with Crippen LogP contribution in [0.15, 0.2) is 61.6 Å². The van der Waals surface area contributed by atoms with E-state index < -0.39 is 0 Å². The van der Waals surface area contributed by atoms with Gasteiger partial charge in [0.15, 0.2) is 5.82 Å². The SMILES string of the molecule is Cc1cnn(-c2ccnc(Nc3ccc(-n4cncn4)cc3)n2)c1. The number of nitrogens with one attached hydrogen (secondary N) is 1. The van der Waals surface area contributed by atoms with Crippen molar-refractivity contribution in [1.29, 1.82) is 0 Å². The molecule has 4 aromatic rings. The largest absolute Gasteiger partial charge is 0.324 e. The third-order valence-electron chi connectivity index (χ3n) is 3.39. The van der Waals surface area contributed by atoms with Gasteiger partial charge in [-0.3, -0.25) is 0 Å². The minimum Gasteiger partial charge on any atom is -0.324 e. The van der Waals surface area contributed by atoms with E-state index >= 15 is 0 Å². The number of anilines is 2. The lowest BCUT2D eigenvalue weighted by Crippen LogP contribution is -2.03. The second-order valence-electron chi connectivity index (χ2n) is 5.21. The Kier molecular flexibility index (Phi) is 3.47. The van der Waals surface area contributed by atoms with E-state index in [0.29, 0.717) is 11.8 Å². The molecule has 0 aliphatic rings. The molecule has 0 spiro atoms. The van der Waals surface area contributed by atoms with Gasteiger partial charge in [-0.2, -0.15) is 15.2 Å². The van der Waals surface area contributed by atoms with Gasteiger partial charge < -0.3 is 5.32 Å². The van der Waals surface area contributed by atoms with Gasteiger partial charge in [0.05, 0.1) is 11.9 Å². The molecule has 0 aliphatic carbocycles. The maximum atomic E-state index is 4.47. The topological polar surface area (TPSA) is 86.3 Å². The van der Waals surface area contributed by atoms with Gasteiger partial charge in [0.25, 0.3) is 0 Å². The highest BCUT2D eigenvalue weighted by Gasteiger charge is 2.04. The first-order valence-electron chi connectivity index (χ1n) is 7.35. The first-order valence-corrected chi connectivity index (χ1v) is 7.35. The highest BCUT2D eigenvalue weighted by molar-refractivity contribution is 5.55. The summed E-state index contributed by atoms with van der Waals surface area (Å²) >= 11 is 0. The molecule has 8 heteroatoms. The molecule has 0 aliphatic heterocycles. The van der Waals surface area contributed by atoms with Crippen molar-refractivity contribution in [3.05, 3.63) is 67.1 Å². The standard InChI is InChI=1S/C16H14N8/c1-12-8-19-23(9-12)15-6-7-18-16(22-15)21-13-2-4-14(5-3-13)24-11-17-10-20-24/h2-11H,1H3,(H,18,21,22). The number of aromatic nitrogens is 7. The molecule has 8 nitrogen and oxygen atoms in total. The summed E-state index contributed by atoms with van der Waals surface area (Å²) < 4.78 is 3.41. The van der Waals surface area contributed by atoms with E-state index in [1.807, 2.05) is 43.5 Å². The predicted octanol–water partition coefficient (Wildman–Crippen LogP) is 2.30. The van der Waals surface area contributed by atoms with Crippen molar-refractivity contribution in [3.8, 4) is 11.5 Å². The quantitative estimate of drug-likeness (QED) is 0.621. The molecule has 24 heavy (non-hydrogen) atoms. The van der Waals surface area contributed by atoms with Gasteiger partial charge in [-0.05, 0) is 36.8 Å². The second-order valence-corrected chi connectivity index (χ2v) is 5.21. The Morgan fingerprint density at radius 3 is 2.58 bits per heavy atom. The van der Waals surface area contributed by atoms with E-state index in [1.165, 1.54) is 6.33 Å². The van der Waals surface area contributed by atoms with Crippen LogP contribution in [0, 0.1) is 6.92 Å². The van der Waals surface area contributed by atoms with Crippen LogP contribution in [0.5, 0.6) is 0 Å². The normalized spacial score (nSPS) is 10.7. The van der Waals surface area contributed by atoms with Gasteiger partial charge in [-0.25, -0.2) is 19.3 Å². The highest BCUT2D eigenvalue weighted by Crippen LogP contribution is 2.16. The lowest BCUT2D eigenvalue weighted by Gasteiger charge is -2.07. The molecule has 0 atom stereocenters. The molecule has 3 heterocycles. The van der Waals surface area contributed by atoms with Crippen molar-refractivity contribution in [2.75, 3.05) is 5.32 Å². The van der Waals surface area contributed by atoms with E-state index in [1.54, 1.807) is 28.1 Å². The molecule has 4 rings (SSSR count). The van der Waals surface area contributed by atoms with E-state index in [4.69, 9.17) is 0 Å². The Morgan fingerprint density at radius 2 is 1.88 bits per heavy atom. The Hall–Kier alpha value is -3.55. The summed E-state index contributed by atoms with van der Waals surface area (Å²) in [7, 11) is 0. The van der Waals surface area contributed by atoms with Crippen LogP contribution >= 0.6 is 0 Å². The average molecular weight is 318 g/mol. The third-order valence-corrected chi connectivity index (χ3v) is 3.39. The van der Waals surface area contributed by atoms with Gasteiger partial charge in [-0.15, -0.1) is 0 Å². The van der Waals surface area contributed by atoms with Crippen LogP contribution in [-0.2, 0) is 0 Å². The van der Waals surface area contributed by atoms with Crippen molar-refractivity contribution in [3.63, 3.8) is 0 Å². The number of hydrogen-bond acceptors (Lipinski definition) is 6. The Balaban J connectivity index is 1.55. The average Bonchev–Trinajstić information content (AvgIpc) is 3.28. The number of rotatable bonds is 4. The molecule has 118 valence electrons. The van der Waals surface area contributed by atoms with Crippen LogP contribution in [0.1, 0.15) is 5.56 Å². The molecular formula is C16H14N8. The molecule has 0 bridgehead atoms. The zero-order valence-corrected chi connectivity index (χ0v) is 12.9. The Labute approximate surface area is 137 Å². The van der Waals surface area contributed by atoms with Gasteiger partial charge in [0.2, 0.25) is 5.95 Å². The van der Waals surface area contributed by atoms with Gasteiger partial charge in [0.1, 0.15) is 12.7 Å². The van der Waals surface area contributed by atoms with Gasteiger partial charge >= 0.3 is 0 Å². The van der Waals surface area contributed by atoms with Crippen molar-refractivity contribution in [1.82, 2.24) is 34.5 Å². The Bertz CT molecular complexity index is 940. The summed E-state index contributed by atoms with van der Waals surface area (Å²) in [5.74, 6) is 1.22. The zero-order valence-electron chi connectivity index (χ0n) is 12.9. The van der Waals surface area contributed by atoms with Crippen LogP contribution in [0.2, 0.25) is 0 Å². The lowest BCUT2D eigenvalue weighted by molar-refractivity contribution is 0.841. The molecular weight excluding hydrogens is 304 g/mol. The van der Waals surface area contributed by atoms with Crippen LogP contribution in [0.25, 0.3) is 11.5 Å². The first kappa shape index (κ1) is 14.1. The maximum Gasteiger partial charge on any atom is 0.229 e. The highest BCUT2D eigenvalue weighted by atomic mass is 15.3. The van der Waals surface area contributed by atoms with Crippen molar-refractivity contribution < 1.29 is 0 Å². The minimum absolute atomic E-state index is 0.508. The van der Waals surface area contributed by atoms with E-state index in [0.717, 1.165) is 16.9 Å². The lowest BCUT2D eigenvalue weighted by atomic mass is 10.3.